The normalized spacial score (nSPS) is 16.7. The van der Waals surface area contributed by atoms with Gasteiger partial charge in [0.05, 0.1) is 27.2 Å². The van der Waals surface area contributed by atoms with Gasteiger partial charge in [-0.2, -0.15) is 18.3 Å². The van der Waals surface area contributed by atoms with Crippen LogP contribution in [0, 0.1) is 15.9 Å². The molecule has 0 bridgehead atoms. The number of nitrogens with zero attached hydrogens (tertiary/aromatic N) is 3. The van der Waals surface area contributed by atoms with Gasteiger partial charge in [-0.05, 0) is 51.6 Å². The number of nitro benzene ring substituents is 1. The van der Waals surface area contributed by atoms with Crippen molar-refractivity contribution in [2.75, 3.05) is 10.6 Å². The Balaban J connectivity index is 1.45. The van der Waals surface area contributed by atoms with Crippen molar-refractivity contribution in [1.82, 2.24) is 9.78 Å². The highest BCUT2D eigenvalue weighted by Gasteiger charge is 2.48. The number of halogens is 5. The van der Waals surface area contributed by atoms with Crippen molar-refractivity contribution in [3.05, 3.63) is 91.0 Å². The van der Waals surface area contributed by atoms with E-state index in [2.05, 4.69) is 31.7 Å². The first-order valence-electron chi connectivity index (χ1n) is 11.2. The van der Waals surface area contributed by atoms with E-state index >= 15 is 0 Å². The summed E-state index contributed by atoms with van der Waals surface area (Å²) in [5, 5.41) is 22.6. The van der Waals surface area contributed by atoms with E-state index in [-0.39, 0.29) is 39.6 Å². The van der Waals surface area contributed by atoms with Crippen LogP contribution in [-0.2, 0) is 0 Å². The molecule has 0 unspecified atom stereocenters. The smallest absolute Gasteiger partial charge is 0.410 e. The average Bonchev–Trinajstić information content (AvgIpc) is 3.53. The molecule has 2 atom stereocenters. The highest BCUT2D eigenvalue weighted by Crippen LogP contribution is 2.47. The Kier molecular flexibility index (Phi) is 7.03. The van der Waals surface area contributed by atoms with Crippen LogP contribution in [0.3, 0.4) is 0 Å². The number of rotatable bonds is 6. The van der Waals surface area contributed by atoms with Crippen molar-refractivity contribution in [2.24, 2.45) is 0 Å². The molecule has 1 amide bonds. The van der Waals surface area contributed by atoms with Gasteiger partial charge in [0, 0.05) is 23.4 Å². The third-order valence-corrected chi connectivity index (χ3v) is 7.54. The number of alkyl halides is 3. The van der Waals surface area contributed by atoms with E-state index in [0.29, 0.717) is 4.88 Å². The second-order valence-corrected chi connectivity index (χ2v) is 10.2. The summed E-state index contributed by atoms with van der Waals surface area (Å²) in [6, 6.07) is 9.14. The SMILES string of the molecule is O=C(Nc1cc(Oc2ccc(F)cc2)cc([N+](=O)[O-])c1)c1nn2c(c1Br)N[C@@H](c1cccs1)C[C@@H]2C(F)(F)F. The van der Waals surface area contributed by atoms with Crippen molar-refractivity contribution in [2.45, 2.75) is 24.7 Å². The number of ether oxygens (including phenoxy) is 1. The van der Waals surface area contributed by atoms with Crippen molar-refractivity contribution in [1.29, 1.82) is 0 Å². The van der Waals surface area contributed by atoms with Crippen molar-refractivity contribution >= 4 is 50.4 Å². The van der Waals surface area contributed by atoms with E-state index in [4.69, 9.17) is 4.74 Å². The van der Waals surface area contributed by atoms with Crippen molar-refractivity contribution in [3.8, 4) is 11.5 Å². The van der Waals surface area contributed by atoms with Gasteiger partial charge in [0.1, 0.15) is 23.1 Å². The summed E-state index contributed by atoms with van der Waals surface area (Å²) in [7, 11) is 0. The fourth-order valence-corrected chi connectivity index (χ4v) is 5.41. The van der Waals surface area contributed by atoms with Gasteiger partial charge in [-0.25, -0.2) is 9.07 Å². The summed E-state index contributed by atoms with van der Waals surface area (Å²) in [5.74, 6) is -1.29. The van der Waals surface area contributed by atoms with Crippen LogP contribution in [0.4, 0.5) is 34.8 Å². The summed E-state index contributed by atoms with van der Waals surface area (Å²) >= 11 is 4.51. The van der Waals surface area contributed by atoms with Crippen LogP contribution >= 0.6 is 27.3 Å². The number of hydrogen-bond donors (Lipinski definition) is 2. The number of hydrogen-bond acceptors (Lipinski definition) is 7. The molecule has 4 aromatic rings. The van der Waals surface area contributed by atoms with Crippen molar-refractivity contribution in [3.63, 3.8) is 0 Å². The monoisotopic (exact) mass is 625 g/mol. The van der Waals surface area contributed by atoms with Gasteiger partial charge < -0.3 is 15.4 Å². The minimum absolute atomic E-state index is 0.00345. The summed E-state index contributed by atoms with van der Waals surface area (Å²) in [6.45, 7) is 0. The Morgan fingerprint density at radius 2 is 1.95 bits per heavy atom. The van der Waals surface area contributed by atoms with Gasteiger partial charge in [-0.3, -0.25) is 14.9 Å². The number of carbonyl (C=O) groups excluding carboxylic acids is 1. The minimum atomic E-state index is -4.64. The number of nitro groups is 1. The topological polar surface area (TPSA) is 111 Å². The molecule has 3 heterocycles. The van der Waals surface area contributed by atoms with E-state index < -0.39 is 40.6 Å². The van der Waals surface area contributed by atoms with Crippen LogP contribution in [-0.4, -0.2) is 26.8 Å². The molecule has 9 nitrogen and oxygen atoms in total. The number of anilines is 2. The predicted molar refractivity (Wildman–Crippen MR) is 138 cm³/mol. The lowest BCUT2D eigenvalue weighted by molar-refractivity contribution is -0.384. The molecule has 0 radical (unpaired) electrons. The molecule has 0 spiro atoms. The summed E-state index contributed by atoms with van der Waals surface area (Å²) < 4.78 is 61.4. The number of benzene rings is 2. The maximum Gasteiger partial charge on any atom is 0.410 e. The lowest BCUT2D eigenvalue weighted by Crippen LogP contribution is -2.35. The van der Waals surface area contributed by atoms with Crippen molar-refractivity contribution < 1.29 is 32.0 Å². The summed E-state index contributed by atoms with van der Waals surface area (Å²) in [4.78, 5) is 24.6. The molecule has 39 heavy (non-hydrogen) atoms. The van der Waals surface area contributed by atoms with Crippen LogP contribution in [0.2, 0.25) is 0 Å². The average molecular weight is 626 g/mol. The molecule has 0 saturated heterocycles. The molecule has 15 heteroatoms. The fraction of sp³-hybridized carbons (Fsp3) is 0.167. The van der Waals surface area contributed by atoms with Crippen LogP contribution < -0.4 is 15.4 Å². The van der Waals surface area contributed by atoms with Gasteiger partial charge in [0.2, 0.25) is 0 Å². The van der Waals surface area contributed by atoms with Gasteiger partial charge in [-0.15, -0.1) is 11.3 Å². The predicted octanol–water partition coefficient (Wildman–Crippen LogP) is 7.46. The number of aromatic nitrogens is 2. The number of thiophene rings is 1. The number of nitrogens with one attached hydrogen (secondary N) is 2. The maximum absolute atomic E-state index is 14.0. The second kappa shape index (κ2) is 10.3. The molecule has 0 fully saturated rings. The third kappa shape index (κ3) is 5.59. The first-order chi connectivity index (χ1) is 18.5. The van der Waals surface area contributed by atoms with E-state index in [1.807, 2.05) is 0 Å². The summed E-state index contributed by atoms with van der Waals surface area (Å²) in [5.41, 5.74) is -0.849. The zero-order chi connectivity index (χ0) is 27.9. The quantitative estimate of drug-likeness (QED) is 0.131. The van der Waals surface area contributed by atoms with E-state index in [1.54, 1.807) is 17.5 Å². The molecular weight excluding hydrogens is 610 g/mol. The van der Waals surface area contributed by atoms with Gasteiger partial charge >= 0.3 is 6.18 Å². The van der Waals surface area contributed by atoms with E-state index in [9.17, 15) is 32.5 Å². The van der Waals surface area contributed by atoms with Crippen LogP contribution in [0.15, 0.2) is 64.5 Å². The van der Waals surface area contributed by atoms with Crippen LogP contribution in [0.1, 0.15) is 33.9 Å². The zero-order valence-electron chi connectivity index (χ0n) is 19.4. The van der Waals surface area contributed by atoms with Gasteiger partial charge in [0.25, 0.3) is 11.6 Å². The van der Waals surface area contributed by atoms with E-state index in [1.165, 1.54) is 29.5 Å². The lowest BCUT2D eigenvalue weighted by atomic mass is 10.0. The Morgan fingerprint density at radius 1 is 1.21 bits per heavy atom. The largest absolute Gasteiger partial charge is 0.457 e. The van der Waals surface area contributed by atoms with Crippen LogP contribution in [0.25, 0.3) is 0 Å². The number of amides is 1. The third-order valence-electron chi connectivity index (χ3n) is 5.81. The molecule has 1 aliphatic heterocycles. The Hall–Kier alpha value is -3.98. The molecule has 1 aliphatic rings. The molecule has 5 rings (SSSR count). The van der Waals surface area contributed by atoms with Crippen LogP contribution in [0.5, 0.6) is 11.5 Å². The Bertz CT molecular complexity index is 1540. The fourth-order valence-electron chi connectivity index (χ4n) is 4.06. The maximum atomic E-state index is 14.0. The molecule has 0 aliphatic carbocycles. The first-order valence-corrected chi connectivity index (χ1v) is 12.9. The number of non-ortho nitro benzene ring substituents is 1. The van der Waals surface area contributed by atoms with Gasteiger partial charge in [0.15, 0.2) is 11.7 Å². The van der Waals surface area contributed by atoms with E-state index in [0.717, 1.165) is 28.9 Å². The lowest BCUT2D eigenvalue weighted by Gasteiger charge is -2.33. The zero-order valence-corrected chi connectivity index (χ0v) is 21.8. The molecule has 202 valence electrons. The Morgan fingerprint density at radius 3 is 2.59 bits per heavy atom. The number of fused-ring (bicyclic) bond motifs is 1. The Labute approximate surface area is 229 Å². The minimum Gasteiger partial charge on any atom is -0.457 e. The number of carbonyl (C=O) groups is 1. The first kappa shape index (κ1) is 26.6. The highest BCUT2D eigenvalue weighted by molar-refractivity contribution is 9.10. The molecule has 2 N–H and O–H groups in total. The standard InChI is InChI=1S/C24H16BrF4N5O4S/c25-20-21(32-33-19(24(27,28)29)11-17(31-22(20)33)18-2-1-7-39-18)23(35)30-13-8-14(34(36)37)10-16(9-13)38-15-5-3-12(26)4-6-15/h1-10,17,19,31H,11H2,(H,30,35)/t17-,19-/m1/s1. The summed E-state index contributed by atoms with van der Waals surface area (Å²) in [6.07, 6.45) is -4.97. The molecule has 2 aromatic carbocycles. The molecule has 2 aromatic heterocycles. The molecular formula is C24H16BrF4N5O4S. The molecule has 0 saturated carbocycles. The highest BCUT2D eigenvalue weighted by atomic mass is 79.9. The second-order valence-electron chi connectivity index (χ2n) is 8.44. The van der Waals surface area contributed by atoms with Gasteiger partial charge in [-0.1, -0.05) is 6.07 Å².